The molecule has 1 aliphatic carbocycles. The topological polar surface area (TPSA) is 36.1 Å². The van der Waals surface area contributed by atoms with Gasteiger partial charge >= 0.3 is 0 Å². The van der Waals surface area contributed by atoms with Crippen molar-refractivity contribution in [2.24, 2.45) is 4.99 Å². The van der Waals surface area contributed by atoms with Crippen LogP contribution in [0.15, 0.2) is 29.3 Å². The quantitative estimate of drug-likeness (QED) is 0.693. The van der Waals surface area contributed by atoms with Gasteiger partial charge in [0.2, 0.25) is 0 Å². The summed E-state index contributed by atoms with van der Waals surface area (Å²) in [6.07, 6.45) is 4.50. The summed E-state index contributed by atoms with van der Waals surface area (Å²) >= 11 is 7.59. The number of benzene rings is 1. The van der Waals surface area contributed by atoms with Crippen molar-refractivity contribution in [2.45, 2.75) is 32.6 Å². The van der Waals surface area contributed by atoms with Crippen molar-refractivity contribution in [3.63, 3.8) is 0 Å². The molecule has 0 fully saturated rings. The fraction of sp³-hybridized carbons (Fsp3) is 0.294. The summed E-state index contributed by atoms with van der Waals surface area (Å²) in [6, 6.07) is 9.99. The third kappa shape index (κ3) is 2.88. The SMILES string of the molecule is C/C(=N/c1sc2c(c1C#N)CCCC2)c1ccc(Cl)cc1. The second-order valence-electron chi connectivity index (χ2n) is 5.21. The van der Waals surface area contributed by atoms with E-state index in [4.69, 9.17) is 16.6 Å². The molecule has 0 radical (unpaired) electrons. The molecule has 0 saturated heterocycles. The van der Waals surface area contributed by atoms with E-state index in [1.165, 1.54) is 23.3 Å². The van der Waals surface area contributed by atoms with E-state index < -0.39 is 0 Å². The van der Waals surface area contributed by atoms with E-state index in [2.05, 4.69) is 6.07 Å². The molecule has 0 N–H and O–H groups in total. The fourth-order valence-corrected chi connectivity index (χ4v) is 4.04. The van der Waals surface area contributed by atoms with E-state index >= 15 is 0 Å². The molecule has 1 heterocycles. The number of halogens is 1. The van der Waals surface area contributed by atoms with E-state index in [0.717, 1.165) is 39.7 Å². The zero-order chi connectivity index (χ0) is 14.8. The van der Waals surface area contributed by atoms with Gasteiger partial charge in [-0.15, -0.1) is 11.3 Å². The number of hydrogen-bond donors (Lipinski definition) is 0. The highest BCUT2D eigenvalue weighted by atomic mass is 35.5. The Balaban J connectivity index is 2.01. The maximum atomic E-state index is 9.45. The minimum absolute atomic E-state index is 0.718. The number of hydrogen-bond acceptors (Lipinski definition) is 3. The van der Waals surface area contributed by atoms with Crippen LogP contribution in [0.5, 0.6) is 0 Å². The standard InChI is InChI=1S/C17H15ClN2S/c1-11(12-6-8-13(18)9-7-12)20-17-15(10-19)14-4-2-3-5-16(14)21-17/h6-9H,2-5H2,1H3/b20-11-. The molecule has 0 amide bonds. The van der Waals surface area contributed by atoms with Crippen molar-refractivity contribution in [3.8, 4) is 6.07 Å². The predicted molar refractivity (Wildman–Crippen MR) is 89.0 cm³/mol. The molecule has 21 heavy (non-hydrogen) atoms. The van der Waals surface area contributed by atoms with Gasteiger partial charge in [0.25, 0.3) is 0 Å². The largest absolute Gasteiger partial charge is 0.241 e. The molecule has 0 spiro atoms. The predicted octanol–water partition coefficient (Wildman–Crippen LogP) is 5.29. The Morgan fingerprint density at radius 2 is 1.95 bits per heavy atom. The Labute approximate surface area is 133 Å². The Morgan fingerprint density at radius 1 is 1.24 bits per heavy atom. The summed E-state index contributed by atoms with van der Waals surface area (Å²) in [7, 11) is 0. The molecule has 0 bridgehead atoms. The van der Waals surface area contributed by atoms with Gasteiger partial charge in [-0.05, 0) is 55.9 Å². The van der Waals surface area contributed by atoms with Gasteiger partial charge in [0.15, 0.2) is 0 Å². The summed E-state index contributed by atoms with van der Waals surface area (Å²) in [5, 5.41) is 11.0. The first-order chi connectivity index (χ1) is 10.2. The van der Waals surface area contributed by atoms with Gasteiger partial charge < -0.3 is 0 Å². The Bertz CT molecular complexity index is 735. The van der Waals surface area contributed by atoms with Gasteiger partial charge in [0.1, 0.15) is 11.1 Å². The summed E-state index contributed by atoms with van der Waals surface area (Å²) in [5.41, 5.74) is 3.97. The number of fused-ring (bicyclic) bond motifs is 1. The first-order valence-electron chi connectivity index (χ1n) is 7.05. The van der Waals surface area contributed by atoms with Gasteiger partial charge in [0.05, 0.1) is 5.56 Å². The number of thiophene rings is 1. The van der Waals surface area contributed by atoms with Gasteiger partial charge in [-0.3, -0.25) is 0 Å². The van der Waals surface area contributed by atoms with Gasteiger partial charge in [-0.2, -0.15) is 5.26 Å². The van der Waals surface area contributed by atoms with Crippen LogP contribution in [0.25, 0.3) is 0 Å². The lowest BCUT2D eigenvalue weighted by molar-refractivity contribution is 0.696. The smallest absolute Gasteiger partial charge is 0.134 e. The highest BCUT2D eigenvalue weighted by Crippen LogP contribution is 2.39. The van der Waals surface area contributed by atoms with Crippen LogP contribution in [0.1, 0.15) is 41.3 Å². The van der Waals surface area contributed by atoms with E-state index in [-0.39, 0.29) is 0 Å². The van der Waals surface area contributed by atoms with E-state index in [0.29, 0.717) is 0 Å². The van der Waals surface area contributed by atoms with Crippen molar-refractivity contribution in [2.75, 3.05) is 0 Å². The van der Waals surface area contributed by atoms with Crippen LogP contribution in [-0.2, 0) is 12.8 Å². The van der Waals surface area contributed by atoms with Gasteiger partial charge in [-0.1, -0.05) is 23.7 Å². The summed E-state index contributed by atoms with van der Waals surface area (Å²) < 4.78 is 0. The van der Waals surface area contributed by atoms with Crippen LogP contribution < -0.4 is 0 Å². The summed E-state index contributed by atoms with van der Waals surface area (Å²) in [6.45, 7) is 1.98. The molecular formula is C17H15ClN2S. The average molecular weight is 315 g/mol. The maximum absolute atomic E-state index is 9.45. The Hall–Kier alpha value is -1.63. The fourth-order valence-electron chi connectivity index (χ4n) is 2.65. The number of nitriles is 1. The van der Waals surface area contributed by atoms with E-state index in [1.54, 1.807) is 11.3 Å². The molecule has 1 aromatic heterocycles. The first kappa shape index (κ1) is 14.3. The molecule has 0 atom stereocenters. The third-order valence-corrected chi connectivity index (χ3v) is 5.23. The number of nitrogens with zero attached hydrogens (tertiary/aromatic N) is 2. The van der Waals surface area contributed by atoms with Crippen LogP contribution in [0, 0.1) is 11.3 Å². The molecule has 2 aromatic rings. The monoisotopic (exact) mass is 314 g/mol. The number of aryl methyl sites for hydroxylation is 1. The molecule has 1 aliphatic rings. The van der Waals surface area contributed by atoms with Crippen LogP contribution in [-0.4, -0.2) is 5.71 Å². The van der Waals surface area contributed by atoms with Gasteiger partial charge in [-0.25, -0.2) is 4.99 Å². The Morgan fingerprint density at radius 3 is 2.67 bits per heavy atom. The summed E-state index contributed by atoms with van der Waals surface area (Å²) in [5.74, 6) is 0. The highest BCUT2D eigenvalue weighted by Gasteiger charge is 2.20. The van der Waals surface area contributed by atoms with Crippen LogP contribution in [0.3, 0.4) is 0 Å². The van der Waals surface area contributed by atoms with Crippen LogP contribution >= 0.6 is 22.9 Å². The second-order valence-corrected chi connectivity index (χ2v) is 6.73. The van der Waals surface area contributed by atoms with E-state index in [1.807, 2.05) is 31.2 Å². The molecule has 106 valence electrons. The lowest BCUT2D eigenvalue weighted by Gasteiger charge is -2.09. The highest BCUT2D eigenvalue weighted by molar-refractivity contribution is 7.16. The van der Waals surface area contributed by atoms with Crippen molar-refractivity contribution in [3.05, 3.63) is 50.9 Å². The van der Waals surface area contributed by atoms with Crippen LogP contribution in [0.4, 0.5) is 5.00 Å². The zero-order valence-electron chi connectivity index (χ0n) is 11.8. The van der Waals surface area contributed by atoms with Crippen LogP contribution in [0.2, 0.25) is 5.02 Å². The number of rotatable bonds is 2. The second kappa shape index (κ2) is 6.01. The van der Waals surface area contributed by atoms with Crippen molar-refractivity contribution < 1.29 is 0 Å². The van der Waals surface area contributed by atoms with Gasteiger partial charge in [0, 0.05) is 15.6 Å². The lowest BCUT2D eigenvalue weighted by atomic mass is 9.96. The molecule has 3 rings (SSSR count). The van der Waals surface area contributed by atoms with E-state index in [9.17, 15) is 5.26 Å². The zero-order valence-corrected chi connectivity index (χ0v) is 13.4. The molecular weight excluding hydrogens is 300 g/mol. The molecule has 1 aromatic carbocycles. The van der Waals surface area contributed by atoms with Crippen molar-refractivity contribution in [1.29, 1.82) is 5.26 Å². The number of aliphatic imine (C=N–C) groups is 1. The van der Waals surface area contributed by atoms with Crippen molar-refractivity contribution >= 4 is 33.7 Å². The minimum atomic E-state index is 0.718. The lowest BCUT2D eigenvalue weighted by Crippen LogP contribution is -1.99. The molecule has 0 aliphatic heterocycles. The third-order valence-electron chi connectivity index (χ3n) is 3.80. The normalized spacial score (nSPS) is 14.6. The molecule has 0 saturated carbocycles. The molecule has 0 unspecified atom stereocenters. The Kier molecular flexibility index (Phi) is 4.10. The summed E-state index contributed by atoms with van der Waals surface area (Å²) in [4.78, 5) is 6.05. The average Bonchev–Trinajstić information content (AvgIpc) is 2.84. The first-order valence-corrected chi connectivity index (χ1v) is 8.24. The molecule has 4 heteroatoms. The van der Waals surface area contributed by atoms with Crippen molar-refractivity contribution in [1.82, 2.24) is 0 Å². The maximum Gasteiger partial charge on any atom is 0.134 e. The molecule has 2 nitrogen and oxygen atoms in total. The minimum Gasteiger partial charge on any atom is -0.241 e.